The van der Waals surface area contributed by atoms with Gasteiger partial charge in [0, 0.05) is 11.1 Å². The smallest absolute Gasteiger partial charge is 0.185 e. The minimum atomic E-state index is -0.0688. The first-order valence-corrected chi connectivity index (χ1v) is 6.17. The highest BCUT2D eigenvalue weighted by molar-refractivity contribution is 6.06. The zero-order valence-electron chi connectivity index (χ0n) is 10.8. The van der Waals surface area contributed by atoms with Crippen LogP contribution in [0.2, 0.25) is 0 Å². The van der Waals surface area contributed by atoms with Gasteiger partial charge in [0.05, 0.1) is 0 Å². The number of carbonyl (C=O) groups excluding carboxylic acids is 1. The predicted molar refractivity (Wildman–Crippen MR) is 77.4 cm³/mol. The fourth-order valence-electron chi connectivity index (χ4n) is 1.72. The molecule has 2 aromatic rings. The summed E-state index contributed by atoms with van der Waals surface area (Å²) >= 11 is 0. The topological polar surface area (TPSA) is 50.1 Å². The van der Waals surface area contributed by atoms with E-state index >= 15 is 0 Å². The van der Waals surface area contributed by atoms with Crippen molar-refractivity contribution in [2.75, 3.05) is 6.61 Å². The highest BCUT2D eigenvalue weighted by Crippen LogP contribution is 2.19. The highest BCUT2D eigenvalue weighted by Gasteiger charge is 2.02. The summed E-state index contributed by atoms with van der Waals surface area (Å²) in [5.41, 5.74) is 1.41. The number of hydrogen-bond donors (Lipinski definition) is 0. The molecule has 0 amide bonds. The van der Waals surface area contributed by atoms with Gasteiger partial charge in [0.15, 0.2) is 12.4 Å². The Morgan fingerprint density at radius 2 is 1.80 bits per heavy atom. The molecule has 0 aliphatic rings. The fourth-order valence-corrected chi connectivity index (χ4v) is 1.72. The van der Waals surface area contributed by atoms with Gasteiger partial charge in [-0.3, -0.25) is 4.79 Å². The Morgan fingerprint density at radius 1 is 1.10 bits per heavy atom. The first-order valence-electron chi connectivity index (χ1n) is 6.17. The number of nitrogens with zero attached hydrogens (tertiary/aromatic N) is 1. The fraction of sp³-hybridized carbons (Fsp3) is 0.0588. The second-order valence-electron chi connectivity index (χ2n) is 4.05. The van der Waals surface area contributed by atoms with E-state index in [1.165, 1.54) is 6.08 Å². The SMILES string of the molecule is N#CCOc1ccccc1C=CC(=O)c1ccccc1. The van der Waals surface area contributed by atoms with Gasteiger partial charge in [-0.1, -0.05) is 48.5 Å². The quantitative estimate of drug-likeness (QED) is 0.613. The third kappa shape index (κ3) is 3.56. The molecule has 0 atom stereocenters. The average Bonchev–Trinajstić information content (AvgIpc) is 2.52. The lowest BCUT2D eigenvalue weighted by Crippen LogP contribution is -1.96. The Bertz CT molecular complexity index is 654. The van der Waals surface area contributed by atoms with Crippen LogP contribution in [0.5, 0.6) is 5.75 Å². The molecule has 0 aliphatic carbocycles. The maximum Gasteiger partial charge on any atom is 0.185 e. The molecule has 2 aromatic carbocycles. The van der Waals surface area contributed by atoms with E-state index in [1.807, 2.05) is 42.5 Å². The van der Waals surface area contributed by atoms with Gasteiger partial charge in [-0.05, 0) is 18.2 Å². The summed E-state index contributed by atoms with van der Waals surface area (Å²) in [6, 6.07) is 18.3. The summed E-state index contributed by atoms with van der Waals surface area (Å²) < 4.78 is 5.30. The number of ketones is 1. The van der Waals surface area contributed by atoms with Gasteiger partial charge in [-0.25, -0.2) is 0 Å². The predicted octanol–water partition coefficient (Wildman–Crippen LogP) is 3.49. The van der Waals surface area contributed by atoms with Crippen molar-refractivity contribution in [3.63, 3.8) is 0 Å². The zero-order chi connectivity index (χ0) is 14.2. The molecule has 0 saturated heterocycles. The molecule has 0 N–H and O–H groups in total. The van der Waals surface area contributed by atoms with Crippen molar-refractivity contribution in [3.05, 3.63) is 71.8 Å². The molecule has 0 aromatic heterocycles. The summed E-state index contributed by atoms with van der Waals surface area (Å²) in [5.74, 6) is 0.520. The van der Waals surface area contributed by atoms with Crippen LogP contribution in [0.15, 0.2) is 60.7 Å². The monoisotopic (exact) mass is 263 g/mol. The molecule has 0 saturated carbocycles. The number of hydrogen-bond acceptors (Lipinski definition) is 3. The summed E-state index contributed by atoms with van der Waals surface area (Å²) in [6.45, 7) is -0.0164. The lowest BCUT2D eigenvalue weighted by molar-refractivity contribution is 0.104. The molecule has 98 valence electrons. The molecule has 0 bridgehead atoms. The normalized spacial score (nSPS) is 10.2. The third-order valence-corrected chi connectivity index (χ3v) is 2.68. The van der Waals surface area contributed by atoms with Crippen LogP contribution in [-0.2, 0) is 0 Å². The van der Waals surface area contributed by atoms with E-state index in [1.54, 1.807) is 24.3 Å². The van der Waals surface area contributed by atoms with Crippen LogP contribution in [0, 0.1) is 11.3 Å². The number of benzene rings is 2. The molecule has 20 heavy (non-hydrogen) atoms. The van der Waals surface area contributed by atoms with E-state index in [9.17, 15) is 4.79 Å². The van der Waals surface area contributed by atoms with E-state index in [0.29, 0.717) is 11.3 Å². The van der Waals surface area contributed by atoms with E-state index in [2.05, 4.69) is 0 Å². The van der Waals surface area contributed by atoms with Crippen LogP contribution in [0.1, 0.15) is 15.9 Å². The van der Waals surface area contributed by atoms with Gasteiger partial charge in [-0.2, -0.15) is 5.26 Å². The zero-order valence-corrected chi connectivity index (χ0v) is 10.8. The van der Waals surface area contributed by atoms with E-state index in [0.717, 1.165) is 5.56 Å². The number of allylic oxidation sites excluding steroid dienone is 1. The second kappa shape index (κ2) is 6.91. The van der Waals surface area contributed by atoms with Crippen molar-refractivity contribution in [3.8, 4) is 11.8 Å². The van der Waals surface area contributed by atoms with Crippen LogP contribution < -0.4 is 4.74 Å². The molecule has 0 spiro atoms. The Balaban J connectivity index is 2.16. The number of para-hydroxylation sites is 1. The molecule has 3 nitrogen and oxygen atoms in total. The van der Waals surface area contributed by atoms with Crippen LogP contribution in [0.25, 0.3) is 6.08 Å². The maximum absolute atomic E-state index is 12.0. The molecule has 0 aliphatic heterocycles. The average molecular weight is 263 g/mol. The summed E-state index contributed by atoms with van der Waals surface area (Å²) in [6.07, 6.45) is 3.20. The van der Waals surface area contributed by atoms with Gasteiger partial charge in [-0.15, -0.1) is 0 Å². The Morgan fingerprint density at radius 3 is 2.55 bits per heavy atom. The van der Waals surface area contributed by atoms with Crippen LogP contribution in [-0.4, -0.2) is 12.4 Å². The first kappa shape index (κ1) is 13.6. The first-order chi connectivity index (χ1) is 9.81. The van der Waals surface area contributed by atoms with Crippen LogP contribution in [0.4, 0.5) is 0 Å². The van der Waals surface area contributed by atoms with Crippen molar-refractivity contribution in [2.45, 2.75) is 0 Å². The number of carbonyl (C=O) groups is 1. The number of rotatable bonds is 5. The lowest BCUT2D eigenvalue weighted by Gasteiger charge is -2.05. The second-order valence-corrected chi connectivity index (χ2v) is 4.05. The van der Waals surface area contributed by atoms with E-state index in [4.69, 9.17) is 10.00 Å². The van der Waals surface area contributed by atoms with Crippen molar-refractivity contribution in [1.29, 1.82) is 5.26 Å². The van der Waals surface area contributed by atoms with Crippen LogP contribution in [0.3, 0.4) is 0 Å². The van der Waals surface area contributed by atoms with Gasteiger partial charge in [0.25, 0.3) is 0 Å². The molecule has 0 radical (unpaired) electrons. The summed E-state index contributed by atoms with van der Waals surface area (Å²) in [4.78, 5) is 12.0. The number of nitriles is 1. The van der Waals surface area contributed by atoms with E-state index in [-0.39, 0.29) is 12.4 Å². The largest absolute Gasteiger partial charge is 0.478 e. The maximum atomic E-state index is 12.0. The van der Waals surface area contributed by atoms with Crippen LogP contribution >= 0.6 is 0 Å². The van der Waals surface area contributed by atoms with Crippen molar-refractivity contribution in [2.24, 2.45) is 0 Å². The Kier molecular flexibility index (Phi) is 4.69. The molecule has 0 unspecified atom stereocenters. The lowest BCUT2D eigenvalue weighted by atomic mass is 10.1. The van der Waals surface area contributed by atoms with Crippen molar-refractivity contribution < 1.29 is 9.53 Å². The molecule has 0 heterocycles. The van der Waals surface area contributed by atoms with Gasteiger partial charge in [0.2, 0.25) is 0 Å². The standard InChI is InChI=1S/C17H13NO2/c18-12-13-20-17-9-5-4-8-15(17)10-11-16(19)14-6-2-1-3-7-14/h1-11H,13H2. The van der Waals surface area contributed by atoms with Crippen molar-refractivity contribution in [1.82, 2.24) is 0 Å². The Hall–Kier alpha value is -2.86. The summed E-state index contributed by atoms with van der Waals surface area (Å²) in [5, 5.41) is 8.54. The molecular weight excluding hydrogens is 250 g/mol. The Labute approximate surface area is 117 Å². The molecule has 0 fully saturated rings. The third-order valence-electron chi connectivity index (χ3n) is 2.68. The molecular formula is C17H13NO2. The molecule has 2 rings (SSSR count). The van der Waals surface area contributed by atoms with E-state index < -0.39 is 0 Å². The van der Waals surface area contributed by atoms with Gasteiger partial charge < -0.3 is 4.74 Å². The van der Waals surface area contributed by atoms with Gasteiger partial charge in [0.1, 0.15) is 11.8 Å². The minimum absolute atomic E-state index is 0.0164. The number of ether oxygens (including phenoxy) is 1. The minimum Gasteiger partial charge on any atom is -0.478 e. The highest BCUT2D eigenvalue weighted by atomic mass is 16.5. The molecule has 3 heteroatoms. The van der Waals surface area contributed by atoms with Crippen molar-refractivity contribution >= 4 is 11.9 Å². The summed E-state index contributed by atoms with van der Waals surface area (Å²) in [7, 11) is 0. The van der Waals surface area contributed by atoms with Gasteiger partial charge >= 0.3 is 0 Å².